The monoisotopic (exact) mass is 395 g/mol. The smallest absolute Gasteiger partial charge is 0.242 e. The van der Waals surface area contributed by atoms with Gasteiger partial charge in [-0.1, -0.05) is 6.92 Å². The first-order valence-electron chi connectivity index (χ1n) is 7.14. The van der Waals surface area contributed by atoms with Crippen LogP contribution in [0.3, 0.4) is 0 Å². The maximum Gasteiger partial charge on any atom is 0.242 e. The first-order valence-corrected chi connectivity index (χ1v) is 10.2. The lowest BCUT2D eigenvalue weighted by molar-refractivity contribution is 0.268. The SMILES string of the molecule is CCN1CCCC1CNS(=O)(=O)c1cc(CNC)sc1Br. The van der Waals surface area contributed by atoms with E-state index in [0.717, 1.165) is 30.8 Å². The Morgan fingerprint density at radius 1 is 1.52 bits per heavy atom. The van der Waals surface area contributed by atoms with Crippen LogP contribution >= 0.6 is 27.3 Å². The largest absolute Gasteiger partial charge is 0.315 e. The number of hydrogen-bond donors (Lipinski definition) is 2. The number of likely N-dealkylation sites (tertiary alicyclic amines) is 1. The molecule has 8 heteroatoms. The van der Waals surface area contributed by atoms with E-state index < -0.39 is 10.0 Å². The third-order valence-corrected chi connectivity index (χ3v) is 7.44. The first kappa shape index (κ1) is 17.4. The van der Waals surface area contributed by atoms with Crippen molar-refractivity contribution in [3.8, 4) is 0 Å². The van der Waals surface area contributed by atoms with Gasteiger partial charge in [0.15, 0.2) is 0 Å². The normalized spacial score (nSPS) is 20.2. The Morgan fingerprint density at radius 3 is 2.95 bits per heavy atom. The minimum Gasteiger partial charge on any atom is -0.315 e. The molecule has 1 aliphatic rings. The Labute approximate surface area is 139 Å². The van der Waals surface area contributed by atoms with E-state index in [1.54, 1.807) is 6.07 Å². The zero-order valence-electron chi connectivity index (χ0n) is 12.4. The van der Waals surface area contributed by atoms with Crippen molar-refractivity contribution in [3.05, 3.63) is 14.7 Å². The van der Waals surface area contributed by atoms with Gasteiger partial charge in [0.2, 0.25) is 10.0 Å². The molecule has 1 atom stereocenters. The molecule has 0 aromatic carbocycles. The number of rotatable bonds is 7. The first-order chi connectivity index (χ1) is 9.97. The van der Waals surface area contributed by atoms with Crippen LogP contribution in [0.2, 0.25) is 0 Å². The van der Waals surface area contributed by atoms with Crippen LogP contribution in [-0.4, -0.2) is 46.0 Å². The predicted molar refractivity (Wildman–Crippen MR) is 90.2 cm³/mol. The number of likely N-dealkylation sites (N-methyl/N-ethyl adjacent to an activating group) is 1. The molecular weight excluding hydrogens is 374 g/mol. The fourth-order valence-corrected chi connectivity index (χ4v) is 6.43. The van der Waals surface area contributed by atoms with E-state index in [1.165, 1.54) is 11.3 Å². The summed E-state index contributed by atoms with van der Waals surface area (Å²) >= 11 is 4.82. The molecule has 0 saturated carbocycles. The highest BCUT2D eigenvalue weighted by atomic mass is 79.9. The Balaban J connectivity index is 2.04. The van der Waals surface area contributed by atoms with Crippen molar-refractivity contribution < 1.29 is 8.42 Å². The lowest BCUT2D eigenvalue weighted by Crippen LogP contribution is -2.39. The Hall–Kier alpha value is 0.01000. The van der Waals surface area contributed by atoms with Crippen molar-refractivity contribution in [2.24, 2.45) is 0 Å². The fraction of sp³-hybridized carbons (Fsp3) is 0.692. The lowest BCUT2D eigenvalue weighted by Gasteiger charge is -2.22. The molecule has 0 radical (unpaired) electrons. The van der Waals surface area contributed by atoms with Gasteiger partial charge in [-0.15, -0.1) is 11.3 Å². The molecule has 0 amide bonds. The Kier molecular flexibility index (Phi) is 6.22. The van der Waals surface area contributed by atoms with Crippen molar-refractivity contribution in [3.63, 3.8) is 0 Å². The van der Waals surface area contributed by atoms with Gasteiger partial charge in [-0.3, -0.25) is 4.90 Å². The van der Waals surface area contributed by atoms with E-state index in [2.05, 4.69) is 37.8 Å². The summed E-state index contributed by atoms with van der Waals surface area (Å²) in [7, 11) is -1.60. The summed E-state index contributed by atoms with van der Waals surface area (Å²) in [4.78, 5) is 3.68. The highest BCUT2D eigenvalue weighted by molar-refractivity contribution is 9.11. The molecule has 1 unspecified atom stereocenters. The number of thiophene rings is 1. The average molecular weight is 396 g/mol. The molecular formula is C13H22BrN3O2S2. The summed E-state index contributed by atoms with van der Waals surface area (Å²) in [5.41, 5.74) is 0. The van der Waals surface area contributed by atoms with Gasteiger partial charge in [0, 0.05) is 24.0 Å². The van der Waals surface area contributed by atoms with E-state index >= 15 is 0 Å². The molecule has 1 aliphatic heterocycles. The summed E-state index contributed by atoms with van der Waals surface area (Å²) in [6.07, 6.45) is 2.21. The third-order valence-electron chi connectivity index (χ3n) is 3.76. The van der Waals surface area contributed by atoms with Crippen LogP contribution in [0.4, 0.5) is 0 Å². The number of nitrogens with zero attached hydrogens (tertiary/aromatic N) is 1. The molecule has 0 spiro atoms. The van der Waals surface area contributed by atoms with Gasteiger partial charge in [-0.25, -0.2) is 13.1 Å². The maximum atomic E-state index is 12.4. The van der Waals surface area contributed by atoms with Gasteiger partial charge in [-0.05, 0) is 55.0 Å². The molecule has 1 saturated heterocycles. The number of hydrogen-bond acceptors (Lipinski definition) is 5. The summed E-state index contributed by atoms with van der Waals surface area (Å²) in [5.74, 6) is 0. The zero-order valence-corrected chi connectivity index (χ0v) is 15.6. The topological polar surface area (TPSA) is 61.4 Å². The molecule has 2 rings (SSSR count). The van der Waals surface area contributed by atoms with Gasteiger partial charge in [-0.2, -0.15) is 0 Å². The Bertz CT molecular complexity index is 574. The summed E-state index contributed by atoms with van der Waals surface area (Å²) in [6, 6.07) is 2.05. The fourth-order valence-electron chi connectivity index (χ4n) is 2.67. The molecule has 1 aromatic rings. The standard InChI is InChI=1S/C13H22BrN3O2S2/c1-3-17-6-4-5-10(17)8-16-21(18,19)12-7-11(9-15-2)20-13(12)14/h7,10,15-16H,3-6,8-9H2,1-2H3. The van der Waals surface area contributed by atoms with Gasteiger partial charge in [0.05, 0.1) is 3.79 Å². The molecule has 2 heterocycles. The van der Waals surface area contributed by atoms with Crippen LogP contribution < -0.4 is 10.0 Å². The van der Waals surface area contributed by atoms with Crippen LogP contribution in [-0.2, 0) is 16.6 Å². The number of sulfonamides is 1. The van der Waals surface area contributed by atoms with Crippen molar-refractivity contribution in [1.82, 2.24) is 14.9 Å². The van der Waals surface area contributed by atoms with Crippen molar-refractivity contribution in [2.75, 3.05) is 26.7 Å². The maximum absolute atomic E-state index is 12.4. The molecule has 0 bridgehead atoms. The molecule has 1 aromatic heterocycles. The average Bonchev–Trinajstić information content (AvgIpc) is 3.03. The number of halogens is 1. The molecule has 21 heavy (non-hydrogen) atoms. The minimum absolute atomic E-state index is 0.318. The van der Waals surface area contributed by atoms with Gasteiger partial charge >= 0.3 is 0 Å². The van der Waals surface area contributed by atoms with Crippen LogP contribution in [0.25, 0.3) is 0 Å². The van der Waals surface area contributed by atoms with Crippen molar-refractivity contribution >= 4 is 37.3 Å². The Morgan fingerprint density at radius 2 is 2.29 bits per heavy atom. The second kappa shape index (κ2) is 7.52. The van der Waals surface area contributed by atoms with Crippen LogP contribution in [0.15, 0.2) is 14.7 Å². The molecule has 5 nitrogen and oxygen atoms in total. The summed E-state index contributed by atoms with van der Waals surface area (Å²) in [5, 5.41) is 3.03. The quantitative estimate of drug-likeness (QED) is 0.740. The van der Waals surface area contributed by atoms with Crippen molar-refractivity contribution in [2.45, 2.75) is 37.2 Å². The van der Waals surface area contributed by atoms with E-state index in [1.807, 2.05) is 7.05 Å². The number of nitrogens with one attached hydrogen (secondary N) is 2. The van der Waals surface area contributed by atoms with E-state index in [9.17, 15) is 8.42 Å². The van der Waals surface area contributed by atoms with E-state index in [-0.39, 0.29) is 0 Å². The molecule has 2 N–H and O–H groups in total. The van der Waals surface area contributed by atoms with E-state index in [0.29, 0.717) is 27.8 Å². The van der Waals surface area contributed by atoms with E-state index in [4.69, 9.17) is 0 Å². The van der Waals surface area contributed by atoms with Crippen LogP contribution in [0, 0.1) is 0 Å². The molecule has 120 valence electrons. The highest BCUT2D eigenvalue weighted by Gasteiger charge is 2.26. The molecule has 1 fully saturated rings. The zero-order chi connectivity index (χ0) is 15.5. The van der Waals surface area contributed by atoms with Gasteiger partial charge < -0.3 is 5.32 Å². The van der Waals surface area contributed by atoms with Crippen LogP contribution in [0.5, 0.6) is 0 Å². The minimum atomic E-state index is -3.45. The van der Waals surface area contributed by atoms with Crippen LogP contribution in [0.1, 0.15) is 24.6 Å². The molecule has 0 aliphatic carbocycles. The van der Waals surface area contributed by atoms with Crippen molar-refractivity contribution in [1.29, 1.82) is 0 Å². The summed E-state index contributed by atoms with van der Waals surface area (Å²) < 4.78 is 28.3. The third kappa shape index (κ3) is 4.27. The predicted octanol–water partition coefficient (Wildman–Crippen LogP) is 1.99. The van der Waals surface area contributed by atoms with Gasteiger partial charge in [0.1, 0.15) is 4.90 Å². The summed E-state index contributed by atoms with van der Waals surface area (Å²) in [6.45, 7) is 5.31. The highest BCUT2D eigenvalue weighted by Crippen LogP contribution is 2.31. The lowest BCUT2D eigenvalue weighted by atomic mass is 10.2. The second-order valence-electron chi connectivity index (χ2n) is 5.16. The van der Waals surface area contributed by atoms with Gasteiger partial charge in [0.25, 0.3) is 0 Å². The second-order valence-corrected chi connectivity index (χ2v) is 9.35.